The van der Waals surface area contributed by atoms with Crippen LogP contribution in [0.1, 0.15) is 31.9 Å². The van der Waals surface area contributed by atoms with Crippen molar-refractivity contribution in [2.24, 2.45) is 27.9 Å². The smallest absolute Gasteiger partial charge is 0.275 e. The molecule has 27 heavy (non-hydrogen) atoms. The van der Waals surface area contributed by atoms with Crippen LogP contribution in [0.5, 0.6) is 5.75 Å². The zero-order chi connectivity index (χ0) is 20.8. The second-order valence-electron chi connectivity index (χ2n) is 6.23. The molecule has 0 fully saturated rings. The number of methoxy groups -OCH3 is 1. The largest absolute Gasteiger partial charge is 0.497 e. The molecule has 0 spiro atoms. The van der Waals surface area contributed by atoms with Crippen molar-refractivity contribution in [3.63, 3.8) is 0 Å². The molecule has 0 atom stereocenters. The van der Waals surface area contributed by atoms with Gasteiger partial charge in [0.15, 0.2) is 5.96 Å². The highest BCUT2D eigenvalue weighted by atomic mass is 16.5. The van der Waals surface area contributed by atoms with Crippen molar-refractivity contribution in [2.45, 2.75) is 26.6 Å². The van der Waals surface area contributed by atoms with Gasteiger partial charge in [0, 0.05) is 11.1 Å². The van der Waals surface area contributed by atoms with Crippen LogP contribution in [0, 0.1) is 0 Å². The fourth-order valence-electron chi connectivity index (χ4n) is 2.08. The summed E-state index contributed by atoms with van der Waals surface area (Å²) in [5.74, 6) is -2.05. The number of guanidine groups is 1. The van der Waals surface area contributed by atoms with Crippen molar-refractivity contribution in [1.82, 2.24) is 5.32 Å². The Hall–Kier alpha value is -3.17. The number of carbonyl (C=O) groups is 2. The fraction of sp³-hybridized carbons (Fsp3) is 0.278. The minimum atomic E-state index is -1.34. The molecule has 1 aromatic rings. The van der Waals surface area contributed by atoms with Crippen LogP contribution in [0.2, 0.25) is 0 Å². The predicted octanol–water partition coefficient (Wildman–Crippen LogP) is 0.00910. The van der Waals surface area contributed by atoms with Gasteiger partial charge in [0.25, 0.3) is 5.91 Å². The first-order chi connectivity index (χ1) is 12.4. The van der Waals surface area contributed by atoms with E-state index in [-0.39, 0.29) is 5.96 Å². The summed E-state index contributed by atoms with van der Waals surface area (Å²) in [6.07, 6.45) is 3.24. The highest BCUT2D eigenvalue weighted by Gasteiger charge is 2.16. The Morgan fingerprint density at radius 2 is 1.70 bits per heavy atom. The monoisotopic (exact) mass is 374 g/mol. The van der Waals surface area contributed by atoms with E-state index >= 15 is 0 Å². The first-order valence-electron chi connectivity index (χ1n) is 8.02. The molecule has 1 rings (SSSR count). The minimum absolute atomic E-state index is 0.318. The Morgan fingerprint density at radius 3 is 2.22 bits per heavy atom. The molecule has 0 radical (unpaired) electrons. The van der Waals surface area contributed by atoms with Crippen LogP contribution in [0.25, 0.3) is 12.2 Å². The number of amides is 2. The van der Waals surface area contributed by atoms with E-state index in [0.29, 0.717) is 28.0 Å². The first-order valence-corrected chi connectivity index (χ1v) is 8.02. The average molecular weight is 374 g/mol. The Kier molecular flexibility index (Phi) is 7.26. The third-order valence-electron chi connectivity index (χ3n) is 3.35. The van der Waals surface area contributed by atoms with E-state index in [4.69, 9.17) is 27.7 Å². The molecular weight excluding hydrogens is 348 g/mol. The van der Waals surface area contributed by atoms with Crippen LogP contribution in [0.4, 0.5) is 0 Å². The number of hydrogen-bond donors (Lipinski definition) is 5. The predicted molar refractivity (Wildman–Crippen MR) is 106 cm³/mol. The number of nitrogens with two attached hydrogens (primary N) is 4. The summed E-state index contributed by atoms with van der Waals surface area (Å²) in [6, 6.07) is 5.21. The fourth-order valence-corrected chi connectivity index (χ4v) is 2.08. The van der Waals surface area contributed by atoms with E-state index < -0.39 is 17.6 Å². The summed E-state index contributed by atoms with van der Waals surface area (Å²) in [4.78, 5) is 27.6. The third kappa shape index (κ3) is 7.30. The summed E-state index contributed by atoms with van der Waals surface area (Å²) >= 11 is 0. The zero-order valence-corrected chi connectivity index (χ0v) is 15.9. The molecule has 0 bridgehead atoms. The lowest BCUT2D eigenvalue weighted by Crippen LogP contribution is -2.60. The van der Waals surface area contributed by atoms with Gasteiger partial charge in [-0.1, -0.05) is 6.07 Å². The van der Waals surface area contributed by atoms with Crippen molar-refractivity contribution >= 4 is 29.9 Å². The summed E-state index contributed by atoms with van der Waals surface area (Å²) in [7, 11) is 1.53. The Bertz CT molecular complexity index is 815. The van der Waals surface area contributed by atoms with Gasteiger partial charge in [0.2, 0.25) is 5.91 Å². The molecule has 2 amide bonds. The van der Waals surface area contributed by atoms with Crippen molar-refractivity contribution in [3.05, 3.63) is 40.5 Å². The van der Waals surface area contributed by atoms with Gasteiger partial charge in [0.05, 0.1) is 7.11 Å². The maximum atomic E-state index is 12.2. The standard InChI is InChI=1S/C18H26N6O3/c1-10(15(25)23-17(19)20)7-12-5-6-14(27-4)9-13(12)8-11(2)16(26)24-18(3,21)22/h5-9H,21-22H2,1-4H3,(H,24,26)(H4,19,20,23,25)/b10-7+,11-8+. The van der Waals surface area contributed by atoms with Gasteiger partial charge in [-0.05, 0) is 56.2 Å². The van der Waals surface area contributed by atoms with Crippen molar-refractivity contribution in [3.8, 4) is 5.75 Å². The topological polar surface area (TPSA) is 172 Å². The van der Waals surface area contributed by atoms with Crippen LogP contribution in [-0.2, 0) is 9.59 Å². The van der Waals surface area contributed by atoms with Crippen molar-refractivity contribution in [1.29, 1.82) is 0 Å². The average Bonchev–Trinajstić information content (AvgIpc) is 2.53. The number of carbonyl (C=O) groups excluding carboxylic acids is 2. The maximum Gasteiger partial charge on any atom is 0.275 e. The molecule has 0 aliphatic carbocycles. The van der Waals surface area contributed by atoms with Gasteiger partial charge >= 0.3 is 0 Å². The molecule has 0 heterocycles. The van der Waals surface area contributed by atoms with E-state index in [0.717, 1.165) is 0 Å². The number of nitrogens with zero attached hydrogens (tertiary/aromatic N) is 1. The summed E-state index contributed by atoms with van der Waals surface area (Å²) < 4.78 is 5.23. The van der Waals surface area contributed by atoms with Crippen LogP contribution < -0.4 is 33.0 Å². The number of hydrogen-bond acceptors (Lipinski definition) is 5. The van der Waals surface area contributed by atoms with E-state index in [2.05, 4.69) is 10.3 Å². The summed E-state index contributed by atoms with van der Waals surface area (Å²) in [5, 5.41) is 2.47. The Labute approximate surface area is 158 Å². The molecule has 0 saturated carbocycles. The van der Waals surface area contributed by atoms with Crippen LogP contribution in [-0.4, -0.2) is 30.7 Å². The Balaban J connectivity index is 3.33. The van der Waals surface area contributed by atoms with Gasteiger partial charge in [-0.2, -0.15) is 4.99 Å². The van der Waals surface area contributed by atoms with Crippen LogP contribution >= 0.6 is 0 Å². The lowest BCUT2D eigenvalue weighted by Gasteiger charge is -2.20. The highest BCUT2D eigenvalue weighted by molar-refractivity contribution is 6.04. The summed E-state index contributed by atoms with van der Waals surface area (Å²) in [5.41, 5.74) is 23.7. The molecule has 0 aliphatic heterocycles. The van der Waals surface area contributed by atoms with Crippen LogP contribution in [0.3, 0.4) is 0 Å². The van der Waals surface area contributed by atoms with E-state index in [1.165, 1.54) is 14.0 Å². The van der Waals surface area contributed by atoms with Crippen LogP contribution in [0.15, 0.2) is 34.3 Å². The minimum Gasteiger partial charge on any atom is -0.497 e. The lowest BCUT2D eigenvalue weighted by molar-refractivity contribution is -0.119. The molecule has 0 saturated heterocycles. The van der Waals surface area contributed by atoms with Gasteiger partial charge < -0.3 is 21.5 Å². The molecule has 1 aromatic carbocycles. The van der Waals surface area contributed by atoms with E-state index in [9.17, 15) is 9.59 Å². The molecule has 9 N–H and O–H groups in total. The second-order valence-corrected chi connectivity index (χ2v) is 6.23. The zero-order valence-electron chi connectivity index (χ0n) is 15.9. The molecule has 146 valence electrons. The quantitative estimate of drug-likeness (QED) is 0.202. The van der Waals surface area contributed by atoms with Gasteiger partial charge in [0.1, 0.15) is 11.5 Å². The summed E-state index contributed by atoms with van der Waals surface area (Å²) in [6.45, 7) is 4.67. The maximum absolute atomic E-state index is 12.2. The lowest BCUT2D eigenvalue weighted by atomic mass is 10.0. The van der Waals surface area contributed by atoms with Gasteiger partial charge in [-0.25, -0.2) is 0 Å². The molecule has 0 unspecified atom stereocenters. The number of rotatable bonds is 6. The highest BCUT2D eigenvalue weighted by Crippen LogP contribution is 2.23. The number of ether oxygens (including phenoxy) is 1. The van der Waals surface area contributed by atoms with Gasteiger partial charge in [-0.15, -0.1) is 0 Å². The van der Waals surface area contributed by atoms with Crippen molar-refractivity contribution < 1.29 is 14.3 Å². The first kappa shape index (κ1) is 21.9. The normalized spacial score (nSPS) is 12.4. The molecule has 9 heteroatoms. The Morgan fingerprint density at radius 1 is 1.11 bits per heavy atom. The van der Waals surface area contributed by atoms with E-state index in [1.807, 2.05) is 0 Å². The van der Waals surface area contributed by atoms with Gasteiger partial charge in [-0.3, -0.25) is 21.1 Å². The van der Waals surface area contributed by atoms with Crippen molar-refractivity contribution in [2.75, 3.05) is 7.11 Å². The SMILES string of the molecule is COc1ccc(/C=C(\C)C(=O)N=C(N)N)c(/C=C(\C)C(=O)NC(C)(N)N)c1. The number of benzene rings is 1. The number of aliphatic imine (C=N–C) groups is 1. The van der Waals surface area contributed by atoms with E-state index in [1.54, 1.807) is 44.2 Å². The second kappa shape index (κ2) is 8.97. The molecule has 0 aromatic heterocycles. The third-order valence-corrected chi connectivity index (χ3v) is 3.35. The number of nitrogens with one attached hydrogen (secondary N) is 1. The molecule has 0 aliphatic rings. The molecular formula is C18H26N6O3. The molecule has 9 nitrogen and oxygen atoms in total.